The second-order valence-corrected chi connectivity index (χ2v) is 7.30. The second kappa shape index (κ2) is 6.45. The first-order chi connectivity index (χ1) is 13.9. The highest BCUT2D eigenvalue weighted by atomic mass is 19.4. The molecular formula is C21H17F3N4O. The monoisotopic (exact) mass is 398 g/mol. The number of carbonyl (C=O) groups is 1. The highest BCUT2D eigenvalue weighted by Gasteiger charge is 2.40. The molecule has 0 spiro atoms. The van der Waals surface area contributed by atoms with Crippen LogP contribution in [-0.4, -0.2) is 15.7 Å². The van der Waals surface area contributed by atoms with E-state index in [0.717, 1.165) is 17.3 Å². The Balaban J connectivity index is 1.54. The quantitative estimate of drug-likeness (QED) is 0.732. The summed E-state index contributed by atoms with van der Waals surface area (Å²) in [6.07, 6.45) is -2.70. The van der Waals surface area contributed by atoms with Gasteiger partial charge in [0.05, 0.1) is 24.3 Å². The molecule has 3 heterocycles. The number of halogens is 3. The number of para-hydroxylation sites is 1. The van der Waals surface area contributed by atoms with Gasteiger partial charge >= 0.3 is 6.18 Å². The fourth-order valence-electron chi connectivity index (χ4n) is 4.01. The van der Waals surface area contributed by atoms with E-state index in [2.05, 4.69) is 10.4 Å². The highest BCUT2D eigenvalue weighted by molar-refractivity contribution is 6.10. The third-order valence-electron chi connectivity index (χ3n) is 5.35. The fraction of sp³-hybridized carbons (Fsp3) is 0.238. The van der Waals surface area contributed by atoms with Gasteiger partial charge in [-0.1, -0.05) is 18.2 Å². The minimum absolute atomic E-state index is 0.0299. The molecule has 148 valence electrons. The van der Waals surface area contributed by atoms with E-state index in [1.165, 1.54) is 4.90 Å². The summed E-state index contributed by atoms with van der Waals surface area (Å²) in [5.74, 6) is -0.411. The molecule has 0 saturated carbocycles. The van der Waals surface area contributed by atoms with Gasteiger partial charge < -0.3 is 10.2 Å². The fourth-order valence-corrected chi connectivity index (χ4v) is 4.01. The van der Waals surface area contributed by atoms with Gasteiger partial charge in [-0.05, 0) is 35.4 Å². The Morgan fingerprint density at radius 1 is 1.10 bits per heavy atom. The van der Waals surface area contributed by atoms with Crippen LogP contribution in [0, 0.1) is 0 Å². The van der Waals surface area contributed by atoms with E-state index >= 15 is 0 Å². The third-order valence-corrected chi connectivity index (χ3v) is 5.35. The van der Waals surface area contributed by atoms with Crippen LogP contribution in [0.15, 0.2) is 48.7 Å². The van der Waals surface area contributed by atoms with E-state index in [0.29, 0.717) is 24.3 Å². The lowest BCUT2D eigenvalue weighted by Gasteiger charge is -2.16. The molecule has 0 radical (unpaired) electrons. The SMILES string of the molecule is O=C1c2cc(Cn3cc4c(n3)CNC4)cc(C(F)(F)F)c2CN1c1ccccc1. The van der Waals surface area contributed by atoms with Crippen molar-refractivity contribution in [3.05, 3.63) is 82.2 Å². The zero-order chi connectivity index (χ0) is 20.2. The molecular weight excluding hydrogens is 381 g/mol. The van der Waals surface area contributed by atoms with Gasteiger partial charge in [-0.2, -0.15) is 18.3 Å². The average molecular weight is 398 g/mol. The van der Waals surface area contributed by atoms with E-state index in [1.807, 2.05) is 6.20 Å². The van der Waals surface area contributed by atoms with Crippen molar-refractivity contribution in [2.45, 2.75) is 32.4 Å². The number of hydrogen-bond donors (Lipinski definition) is 1. The summed E-state index contributed by atoms with van der Waals surface area (Å²) in [6, 6.07) is 11.5. The van der Waals surface area contributed by atoms with Gasteiger partial charge in [-0.25, -0.2) is 0 Å². The maximum absolute atomic E-state index is 13.8. The zero-order valence-corrected chi connectivity index (χ0v) is 15.3. The van der Waals surface area contributed by atoms with Crippen LogP contribution >= 0.6 is 0 Å². The first-order valence-electron chi connectivity index (χ1n) is 9.26. The number of benzene rings is 2. The molecule has 2 aliphatic rings. The van der Waals surface area contributed by atoms with Crippen molar-refractivity contribution in [2.24, 2.45) is 0 Å². The van der Waals surface area contributed by atoms with E-state index in [-0.39, 0.29) is 24.2 Å². The molecule has 1 N–H and O–H groups in total. The molecule has 8 heteroatoms. The molecule has 5 rings (SSSR count). The first kappa shape index (κ1) is 17.9. The third kappa shape index (κ3) is 3.09. The number of amides is 1. The number of fused-ring (bicyclic) bond motifs is 2. The average Bonchev–Trinajstić information content (AvgIpc) is 3.35. The van der Waals surface area contributed by atoms with Gasteiger partial charge in [-0.15, -0.1) is 0 Å². The van der Waals surface area contributed by atoms with Crippen molar-refractivity contribution in [2.75, 3.05) is 4.90 Å². The minimum Gasteiger partial charge on any atom is -0.307 e. The molecule has 2 aromatic carbocycles. The molecule has 0 aliphatic carbocycles. The van der Waals surface area contributed by atoms with Crippen LogP contribution in [0.5, 0.6) is 0 Å². The van der Waals surface area contributed by atoms with Gasteiger partial charge in [-0.3, -0.25) is 9.48 Å². The topological polar surface area (TPSA) is 50.2 Å². The van der Waals surface area contributed by atoms with E-state index in [4.69, 9.17) is 0 Å². The summed E-state index contributed by atoms with van der Waals surface area (Å²) in [7, 11) is 0. The van der Waals surface area contributed by atoms with Crippen LogP contribution in [0.3, 0.4) is 0 Å². The van der Waals surface area contributed by atoms with Crippen molar-refractivity contribution < 1.29 is 18.0 Å². The molecule has 0 fully saturated rings. The number of alkyl halides is 3. The summed E-state index contributed by atoms with van der Waals surface area (Å²) in [4.78, 5) is 14.3. The predicted molar refractivity (Wildman–Crippen MR) is 100 cm³/mol. The van der Waals surface area contributed by atoms with Crippen LogP contribution in [0.1, 0.15) is 38.3 Å². The number of anilines is 1. The van der Waals surface area contributed by atoms with Crippen LogP contribution in [0.4, 0.5) is 18.9 Å². The Morgan fingerprint density at radius 2 is 1.90 bits per heavy atom. The molecule has 2 aliphatic heterocycles. The summed E-state index contributed by atoms with van der Waals surface area (Å²) in [6.45, 7) is 1.46. The molecule has 1 amide bonds. The van der Waals surface area contributed by atoms with Gasteiger partial charge in [0.2, 0.25) is 0 Å². The number of aromatic nitrogens is 2. The van der Waals surface area contributed by atoms with Crippen molar-refractivity contribution in [3.63, 3.8) is 0 Å². The van der Waals surface area contributed by atoms with E-state index in [1.54, 1.807) is 41.1 Å². The maximum Gasteiger partial charge on any atom is 0.416 e. The van der Waals surface area contributed by atoms with Gasteiger partial charge in [0, 0.05) is 36.1 Å². The molecule has 1 aromatic heterocycles. The smallest absolute Gasteiger partial charge is 0.307 e. The Kier molecular flexibility index (Phi) is 3.99. The summed E-state index contributed by atoms with van der Waals surface area (Å²) < 4.78 is 43.0. The summed E-state index contributed by atoms with van der Waals surface area (Å²) in [5.41, 5.74) is 2.34. The standard InChI is InChI=1S/C21H17F3N4O/c22-21(23,24)18-7-13(10-27-11-14-8-25-9-19(14)26-27)6-16-17(18)12-28(20(16)29)15-4-2-1-3-5-15/h1-7,11,25H,8-10,12H2. The lowest BCUT2D eigenvalue weighted by Crippen LogP contribution is -2.22. The molecule has 3 aromatic rings. The summed E-state index contributed by atoms with van der Waals surface area (Å²) >= 11 is 0. The van der Waals surface area contributed by atoms with Crippen LogP contribution in [-0.2, 0) is 32.4 Å². The van der Waals surface area contributed by atoms with Crippen LogP contribution < -0.4 is 10.2 Å². The largest absolute Gasteiger partial charge is 0.416 e. The lowest BCUT2D eigenvalue weighted by molar-refractivity contribution is -0.138. The van der Waals surface area contributed by atoms with Crippen molar-refractivity contribution in [3.8, 4) is 0 Å². The number of carbonyl (C=O) groups excluding carboxylic acids is 1. The Hall–Kier alpha value is -3.13. The first-order valence-corrected chi connectivity index (χ1v) is 9.26. The number of nitrogens with zero attached hydrogens (tertiary/aromatic N) is 3. The molecule has 29 heavy (non-hydrogen) atoms. The van der Waals surface area contributed by atoms with Gasteiger partial charge in [0.25, 0.3) is 5.91 Å². The number of nitrogens with one attached hydrogen (secondary N) is 1. The Bertz CT molecular complexity index is 1080. The predicted octanol–water partition coefficient (Wildman–Crippen LogP) is 3.71. The van der Waals surface area contributed by atoms with Crippen molar-refractivity contribution in [1.29, 1.82) is 0 Å². The zero-order valence-electron chi connectivity index (χ0n) is 15.3. The Morgan fingerprint density at radius 3 is 2.62 bits per heavy atom. The number of hydrogen-bond acceptors (Lipinski definition) is 3. The van der Waals surface area contributed by atoms with Crippen molar-refractivity contribution in [1.82, 2.24) is 15.1 Å². The molecule has 5 nitrogen and oxygen atoms in total. The van der Waals surface area contributed by atoms with E-state index < -0.39 is 17.6 Å². The highest BCUT2D eigenvalue weighted by Crippen LogP contribution is 2.39. The van der Waals surface area contributed by atoms with Crippen LogP contribution in [0.2, 0.25) is 0 Å². The normalized spacial score (nSPS) is 15.7. The maximum atomic E-state index is 13.8. The van der Waals surface area contributed by atoms with Gasteiger partial charge in [0.1, 0.15) is 0 Å². The second-order valence-electron chi connectivity index (χ2n) is 7.30. The van der Waals surface area contributed by atoms with Crippen LogP contribution in [0.25, 0.3) is 0 Å². The minimum atomic E-state index is -4.54. The summed E-state index contributed by atoms with van der Waals surface area (Å²) in [5, 5.41) is 7.60. The number of rotatable bonds is 3. The van der Waals surface area contributed by atoms with Gasteiger partial charge in [0.15, 0.2) is 0 Å². The lowest BCUT2D eigenvalue weighted by atomic mass is 9.99. The molecule has 0 saturated heterocycles. The van der Waals surface area contributed by atoms with Crippen molar-refractivity contribution >= 4 is 11.6 Å². The molecule has 0 unspecified atom stereocenters. The molecule has 0 atom stereocenters. The Labute approximate surface area is 164 Å². The van der Waals surface area contributed by atoms with E-state index in [9.17, 15) is 18.0 Å². The molecule has 0 bridgehead atoms.